The van der Waals surface area contributed by atoms with Crippen molar-refractivity contribution < 1.29 is 57.4 Å². The van der Waals surface area contributed by atoms with Crippen molar-refractivity contribution in [2.75, 3.05) is 0 Å². The molecule has 0 aromatic carbocycles. The van der Waals surface area contributed by atoms with Gasteiger partial charge in [-0.05, 0) is 88.0 Å². The van der Waals surface area contributed by atoms with Crippen molar-refractivity contribution >= 4 is 47.5 Å². The second kappa shape index (κ2) is 26.9. The molecule has 0 aromatic rings. The Balaban J connectivity index is 2.48. The third-order valence-corrected chi connectivity index (χ3v) is 9.01. The number of esters is 3. The van der Waals surface area contributed by atoms with Crippen molar-refractivity contribution in [3.05, 3.63) is 0 Å². The molecule has 0 saturated carbocycles. The van der Waals surface area contributed by atoms with Gasteiger partial charge in [0.25, 0.3) is 11.8 Å². The predicted octanol–water partition coefficient (Wildman–Crippen LogP) is 7.39. The number of hydroxylamine groups is 2. The Bertz CT molecular complexity index is 1360. The molecule has 1 heterocycles. The fourth-order valence-electron chi connectivity index (χ4n) is 6.21. The first-order valence-electron chi connectivity index (χ1n) is 21.8. The van der Waals surface area contributed by atoms with E-state index < -0.39 is 64.5 Å². The Morgan fingerprint density at radius 2 is 0.814 bits per heavy atom. The molecule has 1 aliphatic rings. The van der Waals surface area contributed by atoms with Crippen molar-refractivity contribution in [2.24, 2.45) is 0 Å². The zero-order valence-corrected chi connectivity index (χ0v) is 37.6. The number of carbonyl (C=O) groups excluding carboxylic acids is 8. The molecular weight excluding hydrogens is 762 g/mol. The molecule has 2 unspecified atom stereocenters. The fraction of sp³-hybridized carbons (Fsp3) is 0.818. The van der Waals surface area contributed by atoms with Gasteiger partial charge < -0.3 is 29.7 Å². The molecule has 0 radical (unpaired) electrons. The van der Waals surface area contributed by atoms with Gasteiger partial charge in [0.15, 0.2) is 0 Å². The summed E-state index contributed by atoms with van der Waals surface area (Å²) in [6.07, 6.45) is 14.6. The van der Waals surface area contributed by atoms with Gasteiger partial charge in [0.1, 0.15) is 28.9 Å². The molecule has 0 aliphatic carbocycles. The summed E-state index contributed by atoms with van der Waals surface area (Å²) in [5.74, 6) is -5.01. The van der Waals surface area contributed by atoms with Crippen molar-refractivity contribution in [1.29, 1.82) is 0 Å². The maximum atomic E-state index is 13.1. The van der Waals surface area contributed by atoms with Crippen LogP contribution in [0.4, 0.5) is 0 Å². The van der Waals surface area contributed by atoms with E-state index in [1.165, 1.54) is 38.5 Å². The van der Waals surface area contributed by atoms with Crippen molar-refractivity contribution in [2.45, 2.75) is 232 Å². The molecule has 1 aliphatic heterocycles. The van der Waals surface area contributed by atoms with E-state index in [1.807, 2.05) is 20.8 Å². The average molecular weight is 838 g/mol. The van der Waals surface area contributed by atoms with Gasteiger partial charge in [-0.25, -0.2) is 9.59 Å². The summed E-state index contributed by atoms with van der Waals surface area (Å²) in [6.45, 7) is 15.8. The van der Waals surface area contributed by atoms with E-state index in [2.05, 4.69) is 10.6 Å². The topological polar surface area (TPSA) is 201 Å². The van der Waals surface area contributed by atoms with Gasteiger partial charge in [-0.3, -0.25) is 28.8 Å². The van der Waals surface area contributed by atoms with Crippen molar-refractivity contribution in [3.8, 4) is 0 Å². The lowest BCUT2D eigenvalue weighted by molar-refractivity contribution is -0.199. The molecule has 0 bridgehead atoms. The second-order valence-corrected chi connectivity index (χ2v) is 18.5. The van der Waals surface area contributed by atoms with Gasteiger partial charge >= 0.3 is 23.9 Å². The zero-order valence-electron chi connectivity index (χ0n) is 37.6. The lowest BCUT2D eigenvalue weighted by Crippen LogP contribution is -2.47. The van der Waals surface area contributed by atoms with Crippen LogP contribution in [0.25, 0.3) is 0 Å². The first-order valence-corrected chi connectivity index (χ1v) is 21.8. The van der Waals surface area contributed by atoms with E-state index >= 15 is 0 Å². The highest BCUT2D eigenvalue weighted by Crippen LogP contribution is 2.18. The molecule has 2 atom stereocenters. The van der Waals surface area contributed by atoms with Crippen LogP contribution in [0.3, 0.4) is 0 Å². The highest BCUT2D eigenvalue weighted by molar-refractivity contribution is 6.02. The first kappa shape index (κ1) is 53.0. The lowest BCUT2D eigenvalue weighted by Gasteiger charge is -2.25. The Hall–Kier alpha value is -4.04. The smallest absolute Gasteiger partial charge is 0.355 e. The molecule has 1 fully saturated rings. The van der Waals surface area contributed by atoms with Crippen LogP contribution in [-0.4, -0.2) is 81.5 Å². The highest BCUT2D eigenvalue weighted by Gasteiger charge is 2.36. The molecule has 15 nitrogen and oxygen atoms in total. The van der Waals surface area contributed by atoms with Gasteiger partial charge in [-0.1, -0.05) is 77.0 Å². The van der Waals surface area contributed by atoms with Crippen LogP contribution in [0.15, 0.2) is 0 Å². The molecule has 2 N–H and O–H groups in total. The fourth-order valence-corrected chi connectivity index (χ4v) is 6.21. The van der Waals surface area contributed by atoms with Gasteiger partial charge in [0.2, 0.25) is 11.8 Å². The normalized spacial score (nSPS) is 14.4. The molecule has 59 heavy (non-hydrogen) atoms. The summed E-state index contributed by atoms with van der Waals surface area (Å²) in [7, 11) is 0. The number of carbonyl (C=O) groups is 8. The molecule has 0 spiro atoms. The zero-order chi connectivity index (χ0) is 44.6. The molecular formula is C44H75N3O12. The minimum absolute atomic E-state index is 0.115. The van der Waals surface area contributed by atoms with Crippen LogP contribution in [0, 0.1) is 0 Å². The summed E-state index contributed by atoms with van der Waals surface area (Å²) in [4.78, 5) is 105. The number of hydrogen-bond donors (Lipinski definition) is 2. The number of rotatable bonds is 28. The van der Waals surface area contributed by atoms with Crippen LogP contribution in [0.5, 0.6) is 0 Å². The highest BCUT2D eigenvalue weighted by atomic mass is 16.7. The predicted molar refractivity (Wildman–Crippen MR) is 221 cm³/mol. The van der Waals surface area contributed by atoms with E-state index in [9.17, 15) is 38.4 Å². The Kier molecular flexibility index (Phi) is 24.2. The van der Waals surface area contributed by atoms with Gasteiger partial charge in [0.05, 0.1) is 0 Å². The summed E-state index contributed by atoms with van der Waals surface area (Å²) in [5.41, 5.74) is -2.06. The van der Waals surface area contributed by atoms with Crippen LogP contribution in [0.1, 0.15) is 204 Å². The number of imide groups is 1. The van der Waals surface area contributed by atoms with Gasteiger partial charge in [-0.15, -0.1) is 5.06 Å². The monoisotopic (exact) mass is 838 g/mol. The Morgan fingerprint density at radius 3 is 1.24 bits per heavy atom. The number of nitrogens with one attached hydrogen (secondary N) is 2. The molecule has 1 saturated heterocycles. The average Bonchev–Trinajstić information content (AvgIpc) is 3.41. The first-order chi connectivity index (χ1) is 27.5. The van der Waals surface area contributed by atoms with Crippen LogP contribution in [0.2, 0.25) is 0 Å². The minimum Gasteiger partial charge on any atom is -0.460 e. The van der Waals surface area contributed by atoms with E-state index in [-0.39, 0.29) is 56.8 Å². The van der Waals surface area contributed by atoms with E-state index in [1.54, 1.807) is 41.5 Å². The number of nitrogens with zero attached hydrogens (tertiary/aromatic N) is 1. The van der Waals surface area contributed by atoms with E-state index in [0.717, 1.165) is 44.9 Å². The van der Waals surface area contributed by atoms with Crippen LogP contribution < -0.4 is 10.6 Å². The molecule has 1 rings (SSSR count). The standard InChI is InChI=1S/C44H75N3O12/c1-42(2,3)56-38(52)25-23-21-19-17-15-13-11-10-12-14-16-18-20-22-24-34(48)45-32(40(54)58-44(7,8)9)26-28-35(49)46-33(27-31-39(53)57-43(4,5)6)41(55)59-47-36(50)29-30-37(47)51/h32-33H,10-31H2,1-9H3,(H,45,48)(H,46,49). The molecule has 0 aromatic heterocycles. The SMILES string of the molecule is CC(C)(C)OC(=O)CCCCCCCCCCCCCCCCC(=O)NC(CCC(=O)NC(CCC(=O)OC(C)(C)C)C(=O)ON1C(=O)CCC1=O)C(=O)OC(C)(C)C. The second-order valence-electron chi connectivity index (χ2n) is 18.5. The number of amides is 4. The molecule has 15 heteroatoms. The summed E-state index contributed by atoms with van der Waals surface area (Å²) in [5, 5.41) is 5.54. The summed E-state index contributed by atoms with van der Waals surface area (Å²) in [6, 6.07) is -2.56. The van der Waals surface area contributed by atoms with Gasteiger partial charge in [-0.2, -0.15) is 0 Å². The third-order valence-electron chi connectivity index (χ3n) is 9.01. The van der Waals surface area contributed by atoms with Crippen LogP contribution >= 0.6 is 0 Å². The van der Waals surface area contributed by atoms with Crippen LogP contribution in [-0.2, 0) is 57.4 Å². The van der Waals surface area contributed by atoms with E-state index in [0.29, 0.717) is 17.9 Å². The number of ether oxygens (including phenoxy) is 3. The quantitative estimate of drug-likeness (QED) is 0.0343. The maximum Gasteiger partial charge on any atom is 0.355 e. The molecule has 4 amide bonds. The third kappa shape index (κ3) is 27.4. The Morgan fingerprint density at radius 1 is 0.475 bits per heavy atom. The minimum atomic E-state index is -1.42. The number of unbranched alkanes of at least 4 members (excludes halogenated alkanes) is 13. The number of hydrogen-bond acceptors (Lipinski definition) is 12. The summed E-state index contributed by atoms with van der Waals surface area (Å²) < 4.78 is 16.1. The molecule has 338 valence electrons. The maximum absolute atomic E-state index is 13.1. The largest absolute Gasteiger partial charge is 0.460 e. The van der Waals surface area contributed by atoms with E-state index in [4.69, 9.17) is 19.0 Å². The summed E-state index contributed by atoms with van der Waals surface area (Å²) >= 11 is 0. The van der Waals surface area contributed by atoms with Gasteiger partial charge in [0, 0.05) is 38.5 Å². The van der Waals surface area contributed by atoms with Crippen molar-refractivity contribution in [3.63, 3.8) is 0 Å². The van der Waals surface area contributed by atoms with Crippen molar-refractivity contribution in [1.82, 2.24) is 15.7 Å². The lowest BCUT2D eigenvalue weighted by atomic mass is 10.0. The Labute approximate surface area is 352 Å².